The Morgan fingerprint density at radius 1 is 1.28 bits per heavy atom. The van der Waals surface area contributed by atoms with Gasteiger partial charge in [0.1, 0.15) is 0 Å². The molecule has 1 aliphatic rings. The summed E-state index contributed by atoms with van der Waals surface area (Å²) in [6, 6.07) is 7.29. The monoisotopic (exact) mass is 311 g/mol. The molecule has 0 saturated heterocycles. The number of benzene rings is 1. The lowest BCUT2D eigenvalue weighted by molar-refractivity contribution is 0.0880. The first-order chi connectivity index (χ1) is 8.65. The predicted octanol–water partition coefficient (Wildman–Crippen LogP) is 2.73. The molecule has 1 saturated carbocycles. The van der Waals surface area contributed by atoms with E-state index in [-0.39, 0.29) is 17.9 Å². The summed E-state index contributed by atoms with van der Waals surface area (Å²) >= 11 is 3.34. The summed E-state index contributed by atoms with van der Waals surface area (Å²) in [4.78, 5) is 12.0. The average Bonchev–Trinajstić information content (AvgIpc) is 2.86. The van der Waals surface area contributed by atoms with Gasteiger partial charge < -0.3 is 10.4 Å². The standard InChI is InChI=1S/C14H18BrNO2/c15-12-5-3-11(4-6-12)13(18)16-9-14(10-17)7-1-2-8-14/h3-6,17H,1-2,7-10H2,(H,16,18). The van der Waals surface area contributed by atoms with E-state index in [2.05, 4.69) is 21.2 Å². The fourth-order valence-electron chi connectivity index (χ4n) is 2.49. The highest BCUT2D eigenvalue weighted by Crippen LogP contribution is 2.36. The molecular weight excluding hydrogens is 294 g/mol. The lowest BCUT2D eigenvalue weighted by Gasteiger charge is -2.26. The van der Waals surface area contributed by atoms with Crippen LogP contribution >= 0.6 is 15.9 Å². The summed E-state index contributed by atoms with van der Waals surface area (Å²) in [6.07, 6.45) is 4.30. The normalized spacial score (nSPS) is 17.7. The zero-order valence-electron chi connectivity index (χ0n) is 10.3. The Labute approximate surface area is 116 Å². The molecule has 3 nitrogen and oxygen atoms in total. The van der Waals surface area contributed by atoms with Crippen LogP contribution in [0.3, 0.4) is 0 Å². The Bertz CT molecular complexity index is 410. The van der Waals surface area contributed by atoms with E-state index < -0.39 is 0 Å². The summed E-state index contributed by atoms with van der Waals surface area (Å²) in [7, 11) is 0. The zero-order valence-corrected chi connectivity index (χ0v) is 11.9. The lowest BCUT2D eigenvalue weighted by atomic mass is 9.87. The van der Waals surface area contributed by atoms with Crippen LogP contribution < -0.4 is 5.32 Å². The molecule has 0 atom stereocenters. The van der Waals surface area contributed by atoms with Crippen LogP contribution in [0.4, 0.5) is 0 Å². The van der Waals surface area contributed by atoms with Crippen LogP contribution in [-0.2, 0) is 0 Å². The maximum atomic E-state index is 12.0. The van der Waals surface area contributed by atoms with Crippen LogP contribution in [0, 0.1) is 5.41 Å². The second-order valence-electron chi connectivity index (χ2n) is 5.05. The lowest BCUT2D eigenvalue weighted by Crippen LogP contribution is -2.38. The summed E-state index contributed by atoms with van der Waals surface area (Å²) in [5.41, 5.74) is 0.565. The van der Waals surface area contributed by atoms with E-state index in [0.717, 1.165) is 30.2 Å². The quantitative estimate of drug-likeness (QED) is 0.898. The van der Waals surface area contributed by atoms with Gasteiger partial charge in [-0.2, -0.15) is 0 Å². The molecule has 0 bridgehead atoms. The largest absolute Gasteiger partial charge is 0.396 e. The third-order valence-electron chi connectivity index (χ3n) is 3.73. The van der Waals surface area contributed by atoms with Gasteiger partial charge in [0.2, 0.25) is 0 Å². The van der Waals surface area contributed by atoms with Crippen molar-refractivity contribution in [2.45, 2.75) is 25.7 Å². The minimum Gasteiger partial charge on any atom is -0.396 e. The van der Waals surface area contributed by atoms with Gasteiger partial charge in [0.15, 0.2) is 0 Å². The number of halogens is 1. The van der Waals surface area contributed by atoms with Gasteiger partial charge in [0, 0.05) is 22.0 Å². The Morgan fingerprint density at radius 2 is 1.89 bits per heavy atom. The highest BCUT2D eigenvalue weighted by molar-refractivity contribution is 9.10. The summed E-state index contributed by atoms with van der Waals surface area (Å²) < 4.78 is 0.960. The molecule has 2 rings (SSSR count). The highest BCUT2D eigenvalue weighted by atomic mass is 79.9. The second-order valence-corrected chi connectivity index (χ2v) is 5.97. The molecule has 1 fully saturated rings. The maximum absolute atomic E-state index is 12.0. The van der Waals surface area contributed by atoms with Crippen LogP contribution in [0.15, 0.2) is 28.7 Å². The fourth-order valence-corrected chi connectivity index (χ4v) is 2.75. The van der Waals surface area contributed by atoms with Gasteiger partial charge in [-0.05, 0) is 37.1 Å². The molecule has 0 aromatic heterocycles. The minimum absolute atomic E-state index is 0.0674. The number of hydrogen-bond donors (Lipinski definition) is 2. The molecule has 0 aliphatic heterocycles. The van der Waals surface area contributed by atoms with Crippen molar-refractivity contribution in [2.75, 3.05) is 13.2 Å². The van der Waals surface area contributed by atoms with Crippen molar-refractivity contribution in [2.24, 2.45) is 5.41 Å². The van der Waals surface area contributed by atoms with Crippen molar-refractivity contribution in [1.29, 1.82) is 0 Å². The fraction of sp³-hybridized carbons (Fsp3) is 0.500. The van der Waals surface area contributed by atoms with Gasteiger partial charge in [-0.25, -0.2) is 0 Å². The van der Waals surface area contributed by atoms with E-state index >= 15 is 0 Å². The molecule has 98 valence electrons. The number of nitrogens with one attached hydrogen (secondary N) is 1. The van der Waals surface area contributed by atoms with Crippen molar-refractivity contribution in [3.05, 3.63) is 34.3 Å². The summed E-state index contributed by atoms with van der Waals surface area (Å²) in [5, 5.41) is 12.4. The molecule has 1 aliphatic carbocycles. The van der Waals surface area contributed by atoms with Crippen molar-refractivity contribution < 1.29 is 9.90 Å². The molecular formula is C14H18BrNO2. The molecule has 0 spiro atoms. The maximum Gasteiger partial charge on any atom is 0.251 e. The first kappa shape index (κ1) is 13.6. The van der Waals surface area contributed by atoms with Gasteiger partial charge in [-0.1, -0.05) is 28.8 Å². The van der Waals surface area contributed by atoms with Crippen molar-refractivity contribution in [1.82, 2.24) is 5.32 Å². The van der Waals surface area contributed by atoms with E-state index in [0.29, 0.717) is 12.1 Å². The van der Waals surface area contributed by atoms with E-state index in [1.807, 2.05) is 12.1 Å². The van der Waals surface area contributed by atoms with E-state index in [4.69, 9.17) is 0 Å². The SMILES string of the molecule is O=C(NCC1(CO)CCCC1)c1ccc(Br)cc1. The Hall–Kier alpha value is -0.870. The van der Waals surface area contributed by atoms with Gasteiger partial charge in [-0.3, -0.25) is 4.79 Å². The molecule has 4 heteroatoms. The number of aliphatic hydroxyl groups excluding tert-OH is 1. The van der Waals surface area contributed by atoms with Gasteiger partial charge in [-0.15, -0.1) is 0 Å². The first-order valence-electron chi connectivity index (χ1n) is 6.30. The Balaban J connectivity index is 1.93. The van der Waals surface area contributed by atoms with E-state index in [9.17, 15) is 9.90 Å². The zero-order chi connectivity index (χ0) is 13.0. The van der Waals surface area contributed by atoms with E-state index in [1.54, 1.807) is 12.1 Å². The first-order valence-corrected chi connectivity index (χ1v) is 7.09. The van der Waals surface area contributed by atoms with Crippen molar-refractivity contribution in [3.8, 4) is 0 Å². The van der Waals surface area contributed by atoms with Gasteiger partial charge in [0.25, 0.3) is 5.91 Å². The molecule has 18 heavy (non-hydrogen) atoms. The molecule has 1 aromatic carbocycles. The molecule has 1 aromatic rings. The number of aliphatic hydroxyl groups is 1. The van der Waals surface area contributed by atoms with Crippen LogP contribution in [0.1, 0.15) is 36.0 Å². The number of rotatable bonds is 4. The number of carbonyl (C=O) groups excluding carboxylic acids is 1. The number of amides is 1. The van der Waals surface area contributed by atoms with E-state index in [1.165, 1.54) is 0 Å². The van der Waals surface area contributed by atoms with Crippen molar-refractivity contribution in [3.63, 3.8) is 0 Å². The van der Waals surface area contributed by atoms with Crippen LogP contribution in [0.5, 0.6) is 0 Å². The summed E-state index contributed by atoms with van der Waals surface area (Å²) in [6.45, 7) is 0.728. The number of carbonyl (C=O) groups is 1. The minimum atomic E-state index is -0.0922. The van der Waals surface area contributed by atoms with Gasteiger partial charge in [0.05, 0.1) is 6.61 Å². The molecule has 0 radical (unpaired) electrons. The van der Waals surface area contributed by atoms with Crippen LogP contribution in [-0.4, -0.2) is 24.2 Å². The highest BCUT2D eigenvalue weighted by Gasteiger charge is 2.33. The third-order valence-corrected chi connectivity index (χ3v) is 4.26. The van der Waals surface area contributed by atoms with Crippen LogP contribution in [0.25, 0.3) is 0 Å². The molecule has 0 unspecified atom stereocenters. The smallest absolute Gasteiger partial charge is 0.251 e. The average molecular weight is 312 g/mol. The van der Waals surface area contributed by atoms with Gasteiger partial charge >= 0.3 is 0 Å². The predicted molar refractivity (Wildman–Crippen MR) is 74.5 cm³/mol. The Morgan fingerprint density at radius 3 is 2.44 bits per heavy atom. The third kappa shape index (κ3) is 3.12. The summed E-state index contributed by atoms with van der Waals surface area (Å²) in [5.74, 6) is -0.0674. The second kappa shape index (κ2) is 5.85. The Kier molecular flexibility index (Phi) is 4.40. The number of hydrogen-bond acceptors (Lipinski definition) is 2. The topological polar surface area (TPSA) is 49.3 Å². The molecule has 2 N–H and O–H groups in total. The van der Waals surface area contributed by atoms with Crippen molar-refractivity contribution >= 4 is 21.8 Å². The molecule has 1 amide bonds. The van der Waals surface area contributed by atoms with Crippen LogP contribution in [0.2, 0.25) is 0 Å². The molecule has 0 heterocycles.